The van der Waals surface area contributed by atoms with E-state index in [0.717, 1.165) is 50.3 Å². The molecule has 0 unspecified atom stereocenters. The third-order valence-corrected chi connectivity index (χ3v) is 5.52. The van der Waals surface area contributed by atoms with Crippen molar-refractivity contribution in [1.29, 1.82) is 0 Å². The van der Waals surface area contributed by atoms with Crippen LogP contribution in [0.2, 0.25) is 0 Å². The number of aromatic nitrogens is 3. The van der Waals surface area contributed by atoms with Gasteiger partial charge in [-0.25, -0.2) is 0 Å². The van der Waals surface area contributed by atoms with Gasteiger partial charge in [-0.3, -0.25) is 9.89 Å². The molecule has 1 fully saturated rings. The van der Waals surface area contributed by atoms with Gasteiger partial charge < -0.3 is 14.8 Å². The predicted molar refractivity (Wildman–Crippen MR) is 113 cm³/mol. The number of benzene rings is 1. The van der Waals surface area contributed by atoms with Crippen LogP contribution in [0.15, 0.2) is 29.3 Å². The second-order valence-electron chi connectivity index (χ2n) is 7.78. The fraction of sp³-hybridized carbons (Fsp3) is 0.571. The average molecular weight is 384 g/mol. The fourth-order valence-corrected chi connectivity index (χ4v) is 3.48. The average Bonchev–Trinajstić information content (AvgIpc) is 3.02. The zero-order valence-electron chi connectivity index (χ0n) is 17.8. The molecular weight excluding hydrogens is 350 g/mol. The summed E-state index contributed by atoms with van der Waals surface area (Å²) in [6.07, 6.45) is 0. The number of nitrogens with zero attached hydrogens (tertiary/aromatic N) is 6. The molecule has 0 amide bonds. The van der Waals surface area contributed by atoms with Crippen LogP contribution in [0.1, 0.15) is 42.5 Å². The number of hydrogen-bond donors (Lipinski definition) is 1. The molecule has 0 aliphatic carbocycles. The van der Waals surface area contributed by atoms with Crippen LogP contribution < -0.4 is 5.32 Å². The Balaban J connectivity index is 1.48. The van der Waals surface area contributed by atoms with Gasteiger partial charge in [0.1, 0.15) is 5.82 Å². The highest BCUT2D eigenvalue weighted by Gasteiger charge is 2.20. The summed E-state index contributed by atoms with van der Waals surface area (Å²) in [5.41, 5.74) is 2.79. The van der Waals surface area contributed by atoms with Crippen LogP contribution in [0.5, 0.6) is 0 Å². The quantitative estimate of drug-likeness (QED) is 0.633. The SMILES string of the molecule is CN=C(NCc1nnc(C)n1C)N1CCN(Cc2ccc(C(C)C)cc2)CC1. The summed E-state index contributed by atoms with van der Waals surface area (Å²) in [6, 6.07) is 9.06. The van der Waals surface area contributed by atoms with E-state index < -0.39 is 0 Å². The molecule has 0 radical (unpaired) electrons. The van der Waals surface area contributed by atoms with Gasteiger partial charge in [0.05, 0.1) is 6.54 Å². The number of nitrogens with one attached hydrogen (secondary N) is 1. The first-order valence-electron chi connectivity index (χ1n) is 10.1. The van der Waals surface area contributed by atoms with Crippen molar-refractivity contribution in [2.75, 3.05) is 33.2 Å². The summed E-state index contributed by atoms with van der Waals surface area (Å²) < 4.78 is 2.00. The predicted octanol–water partition coefficient (Wildman–Crippen LogP) is 2.14. The summed E-state index contributed by atoms with van der Waals surface area (Å²) in [4.78, 5) is 9.29. The van der Waals surface area contributed by atoms with Crippen LogP contribution in [0.3, 0.4) is 0 Å². The Morgan fingerprint density at radius 1 is 1.11 bits per heavy atom. The van der Waals surface area contributed by atoms with Crippen LogP contribution in [-0.4, -0.2) is 63.8 Å². The van der Waals surface area contributed by atoms with Crippen molar-refractivity contribution in [2.45, 2.75) is 39.8 Å². The normalized spacial score (nSPS) is 16.1. The van der Waals surface area contributed by atoms with Crippen molar-refractivity contribution < 1.29 is 0 Å². The second-order valence-corrected chi connectivity index (χ2v) is 7.78. The maximum Gasteiger partial charge on any atom is 0.194 e. The molecule has 0 bridgehead atoms. The number of hydrogen-bond acceptors (Lipinski definition) is 4. The topological polar surface area (TPSA) is 61.6 Å². The lowest BCUT2D eigenvalue weighted by atomic mass is 10.0. The summed E-state index contributed by atoms with van der Waals surface area (Å²) in [7, 11) is 3.83. The molecule has 7 heteroatoms. The molecule has 0 saturated carbocycles. The molecule has 3 rings (SSSR count). The molecule has 2 heterocycles. The van der Waals surface area contributed by atoms with Gasteiger partial charge in [-0.15, -0.1) is 10.2 Å². The van der Waals surface area contributed by atoms with Gasteiger partial charge in [-0.05, 0) is 24.0 Å². The molecular formula is C21H33N7. The highest BCUT2D eigenvalue weighted by Crippen LogP contribution is 2.16. The monoisotopic (exact) mass is 383 g/mol. The number of guanidine groups is 1. The van der Waals surface area contributed by atoms with E-state index in [2.05, 4.69) is 68.4 Å². The number of aryl methyl sites for hydroxylation is 1. The standard InChI is InChI=1S/C21H33N7/c1-16(2)19-8-6-18(7-9-19)15-27-10-12-28(13-11-27)21(22-4)23-14-20-25-24-17(3)26(20)5/h6-9,16H,10-15H2,1-5H3,(H,22,23). The first-order chi connectivity index (χ1) is 13.5. The van der Waals surface area contributed by atoms with E-state index in [-0.39, 0.29) is 0 Å². The third-order valence-electron chi connectivity index (χ3n) is 5.52. The van der Waals surface area contributed by atoms with Gasteiger partial charge in [-0.2, -0.15) is 0 Å². The molecule has 1 aromatic carbocycles. The molecule has 0 atom stereocenters. The lowest BCUT2D eigenvalue weighted by Gasteiger charge is -2.36. The van der Waals surface area contributed by atoms with E-state index >= 15 is 0 Å². The summed E-state index contributed by atoms with van der Waals surface area (Å²) in [5, 5.41) is 11.7. The molecule has 1 aliphatic rings. The van der Waals surface area contributed by atoms with Crippen LogP contribution >= 0.6 is 0 Å². The molecule has 1 saturated heterocycles. The highest BCUT2D eigenvalue weighted by atomic mass is 15.4. The smallest absolute Gasteiger partial charge is 0.194 e. The van der Waals surface area contributed by atoms with Crippen LogP contribution in [-0.2, 0) is 20.1 Å². The molecule has 0 spiro atoms. The van der Waals surface area contributed by atoms with Crippen LogP contribution in [0, 0.1) is 6.92 Å². The summed E-state index contributed by atoms with van der Waals surface area (Å²) in [5.74, 6) is 3.35. The van der Waals surface area contributed by atoms with E-state index in [0.29, 0.717) is 12.5 Å². The molecule has 152 valence electrons. The minimum Gasteiger partial charge on any atom is -0.349 e. The van der Waals surface area contributed by atoms with Crippen molar-refractivity contribution in [2.24, 2.45) is 12.0 Å². The maximum atomic E-state index is 4.45. The van der Waals surface area contributed by atoms with Crippen LogP contribution in [0.25, 0.3) is 0 Å². The Kier molecular flexibility index (Phi) is 6.67. The zero-order valence-corrected chi connectivity index (χ0v) is 17.8. The Morgan fingerprint density at radius 2 is 1.79 bits per heavy atom. The molecule has 1 aromatic heterocycles. The summed E-state index contributed by atoms with van der Waals surface area (Å²) >= 11 is 0. The first kappa shape index (κ1) is 20.3. The Labute approximate surface area is 168 Å². The lowest BCUT2D eigenvalue weighted by Crippen LogP contribution is -2.52. The Hall–Kier alpha value is -2.41. The van der Waals surface area contributed by atoms with Gasteiger partial charge in [0.15, 0.2) is 11.8 Å². The van der Waals surface area contributed by atoms with Gasteiger partial charge in [0.2, 0.25) is 0 Å². The largest absolute Gasteiger partial charge is 0.349 e. The van der Waals surface area contributed by atoms with Crippen molar-refractivity contribution in [3.8, 4) is 0 Å². The van der Waals surface area contributed by atoms with Gasteiger partial charge in [0, 0.05) is 46.8 Å². The Morgan fingerprint density at radius 3 is 2.32 bits per heavy atom. The minimum atomic E-state index is 0.585. The number of piperazine rings is 1. The van der Waals surface area contributed by atoms with Crippen molar-refractivity contribution >= 4 is 5.96 Å². The number of aliphatic imine (C=N–C) groups is 1. The van der Waals surface area contributed by atoms with Gasteiger partial charge >= 0.3 is 0 Å². The van der Waals surface area contributed by atoms with Gasteiger partial charge in [-0.1, -0.05) is 38.1 Å². The molecule has 1 aliphatic heterocycles. The minimum absolute atomic E-state index is 0.585. The van der Waals surface area contributed by atoms with E-state index in [9.17, 15) is 0 Å². The van der Waals surface area contributed by atoms with E-state index in [1.54, 1.807) is 0 Å². The molecule has 7 nitrogen and oxygen atoms in total. The van der Waals surface area contributed by atoms with Gasteiger partial charge in [0.25, 0.3) is 0 Å². The second kappa shape index (κ2) is 9.19. The van der Waals surface area contributed by atoms with E-state index in [4.69, 9.17) is 0 Å². The molecule has 2 aromatic rings. The summed E-state index contributed by atoms with van der Waals surface area (Å²) in [6.45, 7) is 12.1. The number of rotatable bonds is 5. The van der Waals surface area contributed by atoms with Crippen molar-refractivity contribution in [1.82, 2.24) is 29.9 Å². The van der Waals surface area contributed by atoms with E-state index in [1.165, 1.54) is 11.1 Å². The lowest BCUT2D eigenvalue weighted by molar-refractivity contribution is 0.172. The maximum absolute atomic E-state index is 4.45. The van der Waals surface area contributed by atoms with Crippen molar-refractivity contribution in [3.63, 3.8) is 0 Å². The molecule has 28 heavy (non-hydrogen) atoms. The van der Waals surface area contributed by atoms with Crippen molar-refractivity contribution in [3.05, 3.63) is 47.0 Å². The third kappa shape index (κ3) is 4.90. The first-order valence-corrected chi connectivity index (χ1v) is 10.1. The Bertz CT molecular complexity index is 784. The molecule has 1 N–H and O–H groups in total. The van der Waals surface area contributed by atoms with E-state index in [1.807, 2.05) is 25.6 Å². The fourth-order valence-electron chi connectivity index (χ4n) is 3.48. The highest BCUT2D eigenvalue weighted by molar-refractivity contribution is 5.79. The zero-order chi connectivity index (χ0) is 20.1. The van der Waals surface area contributed by atoms with Crippen LogP contribution in [0.4, 0.5) is 0 Å².